The fraction of sp³-hybridized carbons (Fsp3) is 0.364. The number of alkyl halides is 1. The second-order valence-corrected chi connectivity index (χ2v) is 4.75. The number of amides is 1. The Kier molecular flexibility index (Phi) is 3.05. The van der Waals surface area contributed by atoms with Crippen LogP contribution in [0.25, 0.3) is 0 Å². The first-order chi connectivity index (χ1) is 7.16. The van der Waals surface area contributed by atoms with Crippen LogP contribution in [-0.2, 0) is 11.3 Å². The Labute approximate surface area is 96.2 Å². The highest BCUT2D eigenvalue weighted by molar-refractivity contribution is 9.10. The molecular weight excluding hydrogens is 261 g/mol. The Bertz CT molecular complexity index is 383. The van der Waals surface area contributed by atoms with E-state index in [1.54, 1.807) is 11.0 Å². The summed E-state index contributed by atoms with van der Waals surface area (Å²) in [6, 6.07) is 6.37. The van der Waals surface area contributed by atoms with Gasteiger partial charge in [-0.3, -0.25) is 4.79 Å². The molecule has 0 aliphatic carbocycles. The number of halogens is 2. The van der Waals surface area contributed by atoms with Crippen LogP contribution in [0.5, 0.6) is 0 Å². The smallest absolute Gasteiger partial charge is 0.236 e. The molecule has 4 heteroatoms. The first-order valence-electron chi connectivity index (χ1n) is 4.84. The molecule has 1 atom stereocenters. The summed E-state index contributed by atoms with van der Waals surface area (Å²) in [5, 5.41) is 0. The van der Waals surface area contributed by atoms with Gasteiger partial charge in [0.25, 0.3) is 0 Å². The van der Waals surface area contributed by atoms with E-state index in [4.69, 9.17) is 0 Å². The van der Waals surface area contributed by atoms with Crippen LogP contribution in [0.4, 0.5) is 4.39 Å². The number of benzene rings is 1. The molecule has 0 radical (unpaired) electrons. The molecule has 0 aromatic heterocycles. The summed E-state index contributed by atoms with van der Waals surface area (Å²) in [4.78, 5) is 13.3. The maximum absolute atomic E-state index is 12.9. The number of hydrogen-bond acceptors (Lipinski definition) is 1. The first kappa shape index (κ1) is 10.6. The third-order valence-electron chi connectivity index (χ3n) is 2.49. The summed E-state index contributed by atoms with van der Waals surface area (Å²) in [7, 11) is 0. The van der Waals surface area contributed by atoms with Gasteiger partial charge in [0.15, 0.2) is 0 Å². The van der Waals surface area contributed by atoms with Crippen molar-refractivity contribution in [3.05, 3.63) is 35.6 Å². The lowest BCUT2D eigenvalue weighted by atomic mass is 10.2. The lowest BCUT2D eigenvalue weighted by Gasteiger charge is -2.15. The number of carbonyl (C=O) groups is 1. The van der Waals surface area contributed by atoms with Crippen molar-refractivity contribution in [1.29, 1.82) is 0 Å². The Morgan fingerprint density at radius 3 is 2.93 bits per heavy atom. The van der Waals surface area contributed by atoms with Gasteiger partial charge in [0.2, 0.25) is 5.91 Å². The monoisotopic (exact) mass is 271 g/mol. The summed E-state index contributed by atoms with van der Waals surface area (Å²) in [5.74, 6) is -0.159. The van der Waals surface area contributed by atoms with Crippen LogP contribution >= 0.6 is 15.9 Å². The highest BCUT2D eigenvalue weighted by atomic mass is 79.9. The molecule has 2 nitrogen and oxygen atoms in total. The second kappa shape index (κ2) is 4.31. The van der Waals surface area contributed by atoms with Crippen LogP contribution < -0.4 is 0 Å². The van der Waals surface area contributed by atoms with Crippen LogP contribution in [0.2, 0.25) is 0 Å². The largest absolute Gasteiger partial charge is 0.337 e. The van der Waals surface area contributed by atoms with Crippen molar-refractivity contribution in [1.82, 2.24) is 4.90 Å². The van der Waals surface area contributed by atoms with E-state index < -0.39 is 0 Å². The Balaban J connectivity index is 2.06. The Morgan fingerprint density at radius 2 is 2.33 bits per heavy atom. The van der Waals surface area contributed by atoms with E-state index in [1.165, 1.54) is 12.1 Å². The van der Waals surface area contributed by atoms with Crippen molar-refractivity contribution in [2.45, 2.75) is 17.8 Å². The van der Waals surface area contributed by atoms with Crippen molar-refractivity contribution >= 4 is 21.8 Å². The molecule has 1 saturated heterocycles. The van der Waals surface area contributed by atoms with Gasteiger partial charge in [-0.15, -0.1) is 0 Å². The quantitative estimate of drug-likeness (QED) is 0.757. The predicted octanol–water partition coefficient (Wildman–Crippen LogP) is 2.32. The molecule has 0 bridgehead atoms. The predicted molar refractivity (Wildman–Crippen MR) is 59.1 cm³/mol. The average molecular weight is 272 g/mol. The van der Waals surface area contributed by atoms with Crippen LogP contribution in [0.3, 0.4) is 0 Å². The van der Waals surface area contributed by atoms with E-state index in [2.05, 4.69) is 15.9 Å². The number of rotatable bonds is 2. The van der Waals surface area contributed by atoms with E-state index in [1.807, 2.05) is 6.07 Å². The number of hydrogen-bond donors (Lipinski definition) is 0. The van der Waals surface area contributed by atoms with E-state index in [0.29, 0.717) is 6.54 Å². The molecule has 1 amide bonds. The molecule has 1 aromatic carbocycles. The summed E-state index contributed by atoms with van der Waals surface area (Å²) in [6.45, 7) is 1.24. The lowest BCUT2D eigenvalue weighted by molar-refractivity contribution is -0.127. The highest BCUT2D eigenvalue weighted by Crippen LogP contribution is 2.20. The molecule has 80 valence electrons. The zero-order valence-corrected chi connectivity index (χ0v) is 9.71. The first-order valence-corrected chi connectivity index (χ1v) is 5.75. The van der Waals surface area contributed by atoms with Gasteiger partial charge in [-0.05, 0) is 24.1 Å². The zero-order valence-electron chi connectivity index (χ0n) is 8.12. The van der Waals surface area contributed by atoms with E-state index >= 15 is 0 Å². The number of nitrogens with zero attached hydrogens (tertiary/aromatic N) is 1. The summed E-state index contributed by atoms with van der Waals surface area (Å²) in [6.07, 6.45) is 0.828. The molecule has 0 unspecified atom stereocenters. The van der Waals surface area contributed by atoms with E-state index in [9.17, 15) is 9.18 Å². The van der Waals surface area contributed by atoms with Crippen molar-refractivity contribution in [3.63, 3.8) is 0 Å². The molecule has 1 aliphatic rings. The molecular formula is C11H11BrFNO. The molecule has 0 N–H and O–H groups in total. The van der Waals surface area contributed by atoms with Crippen LogP contribution in [-0.4, -0.2) is 22.2 Å². The minimum atomic E-state index is -0.255. The second-order valence-electron chi connectivity index (χ2n) is 3.65. The van der Waals surface area contributed by atoms with Gasteiger partial charge in [0.05, 0.1) is 4.83 Å². The summed E-state index contributed by atoms with van der Waals surface area (Å²) < 4.78 is 12.9. The Morgan fingerprint density at radius 1 is 1.53 bits per heavy atom. The van der Waals surface area contributed by atoms with Crippen molar-refractivity contribution in [2.75, 3.05) is 6.54 Å². The van der Waals surface area contributed by atoms with Gasteiger partial charge in [0.1, 0.15) is 5.82 Å². The fourth-order valence-electron chi connectivity index (χ4n) is 1.71. The summed E-state index contributed by atoms with van der Waals surface area (Å²) in [5.41, 5.74) is 0.838. The number of likely N-dealkylation sites (tertiary alicyclic amines) is 1. The third kappa shape index (κ3) is 2.37. The third-order valence-corrected chi connectivity index (χ3v) is 3.34. The molecule has 1 aromatic rings. The van der Waals surface area contributed by atoms with Crippen molar-refractivity contribution < 1.29 is 9.18 Å². The molecule has 1 heterocycles. The van der Waals surface area contributed by atoms with Crippen molar-refractivity contribution in [3.8, 4) is 0 Å². The van der Waals surface area contributed by atoms with Gasteiger partial charge >= 0.3 is 0 Å². The maximum atomic E-state index is 12.9. The van der Waals surface area contributed by atoms with Gasteiger partial charge in [-0.1, -0.05) is 28.1 Å². The molecule has 0 saturated carbocycles. The van der Waals surface area contributed by atoms with Gasteiger partial charge in [0, 0.05) is 13.1 Å². The normalized spacial score (nSPS) is 21.1. The fourth-order valence-corrected chi connectivity index (χ4v) is 2.21. The van der Waals surface area contributed by atoms with E-state index in [-0.39, 0.29) is 16.6 Å². The topological polar surface area (TPSA) is 20.3 Å². The molecule has 0 spiro atoms. The van der Waals surface area contributed by atoms with Crippen molar-refractivity contribution in [2.24, 2.45) is 0 Å². The highest BCUT2D eigenvalue weighted by Gasteiger charge is 2.28. The van der Waals surface area contributed by atoms with Crippen LogP contribution in [0.1, 0.15) is 12.0 Å². The van der Waals surface area contributed by atoms with Gasteiger partial charge in [-0.25, -0.2) is 4.39 Å². The zero-order chi connectivity index (χ0) is 10.8. The molecule has 1 aliphatic heterocycles. The SMILES string of the molecule is O=C1[C@@H](Br)CCN1Cc1cccc(F)c1. The maximum Gasteiger partial charge on any atom is 0.236 e. The average Bonchev–Trinajstić information content (AvgIpc) is 2.50. The summed E-state index contributed by atoms with van der Waals surface area (Å²) >= 11 is 3.31. The molecule has 2 rings (SSSR count). The molecule has 1 fully saturated rings. The van der Waals surface area contributed by atoms with Crippen LogP contribution in [0.15, 0.2) is 24.3 Å². The minimum absolute atomic E-state index is 0.0638. The Hall–Kier alpha value is -0.900. The molecule has 15 heavy (non-hydrogen) atoms. The minimum Gasteiger partial charge on any atom is -0.337 e. The lowest BCUT2D eigenvalue weighted by Crippen LogP contribution is -2.26. The van der Waals surface area contributed by atoms with Crippen LogP contribution in [0, 0.1) is 5.82 Å². The van der Waals surface area contributed by atoms with E-state index in [0.717, 1.165) is 18.5 Å². The standard InChI is InChI=1S/C11H11BrFNO/c12-10-4-5-14(11(10)15)7-8-2-1-3-9(13)6-8/h1-3,6,10H,4-5,7H2/t10-/m0/s1. The van der Waals surface area contributed by atoms with Gasteiger partial charge < -0.3 is 4.90 Å². The number of carbonyl (C=O) groups excluding carboxylic acids is 1. The van der Waals surface area contributed by atoms with Gasteiger partial charge in [-0.2, -0.15) is 0 Å².